The molecule has 5 rings (SSSR count). The van der Waals surface area contributed by atoms with Crippen LogP contribution in [0.15, 0.2) is 61.1 Å². The molecular weight excluding hydrogens is 648 g/mol. The topological polar surface area (TPSA) is 105 Å². The van der Waals surface area contributed by atoms with Crippen molar-refractivity contribution in [1.82, 2.24) is 19.8 Å². The van der Waals surface area contributed by atoms with Gasteiger partial charge >= 0.3 is 0 Å². The van der Waals surface area contributed by atoms with Crippen molar-refractivity contribution in [3.05, 3.63) is 72.2 Å². The first-order valence-corrected chi connectivity index (χ1v) is 16.5. The summed E-state index contributed by atoms with van der Waals surface area (Å²) in [7, 11) is 9.53. The van der Waals surface area contributed by atoms with Crippen molar-refractivity contribution in [3.63, 3.8) is 0 Å². The number of nitrogens with zero attached hydrogens (tertiary/aromatic N) is 4. The fraction of sp³-hybridized carbons (Fsp3) is 0.378. The van der Waals surface area contributed by atoms with E-state index in [0.717, 1.165) is 66.0 Å². The first kappa shape index (κ1) is 35.6. The molecule has 0 spiro atoms. The second kappa shape index (κ2) is 16.6. The predicted molar refractivity (Wildman–Crippen MR) is 188 cm³/mol. The zero-order chi connectivity index (χ0) is 34.9. The first-order chi connectivity index (χ1) is 23.8. The first-order valence-electron chi connectivity index (χ1n) is 15.9. The minimum Gasteiger partial charge on any atom is -0.493 e. The van der Waals surface area contributed by atoms with Crippen molar-refractivity contribution in [2.24, 2.45) is 0 Å². The quantitative estimate of drug-likeness (QED) is 0.144. The molecule has 4 aromatic rings. The smallest absolute Gasteiger partial charge is 0.238 e. The SMILES string of the molecule is COc1cc(-c2cncc(CN(C(=O)CCl)C3CCN(Cc4ccnc(-c5cc(OC)c(OC)c(OC)c5)c4)CC3)c2)cc(OC)c1OC. The van der Waals surface area contributed by atoms with Crippen LogP contribution in [0.5, 0.6) is 34.5 Å². The number of pyridine rings is 2. The molecule has 3 heterocycles. The van der Waals surface area contributed by atoms with Gasteiger partial charge in [-0.15, -0.1) is 11.6 Å². The van der Waals surface area contributed by atoms with Crippen molar-refractivity contribution >= 4 is 17.5 Å². The highest BCUT2D eigenvalue weighted by atomic mass is 35.5. The maximum atomic E-state index is 13.2. The third-order valence-electron chi connectivity index (χ3n) is 8.77. The number of methoxy groups -OCH3 is 6. The second-order valence-electron chi connectivity index (χ2n) is 11.6. The molecular formula is C37H43ClN4O7. The summed E-state index contributed by atoms with van der Waals surface area (Å²) in [5, 5.41) is 0. The van der Waals surface area contributed by atoms with Crippen LogP contribution in [0, 0.1) is 0 Å². The Labute approximate surface area is 292 Å². The van der Waals surface area contributed by atoms with Crippen LogP contribution in [0.1, 0.15) is 24.0 Å². The summed E-state index contributed by atoms with van der Waals surface area (Å²) < 4.78 is 33.1. The van der Waals surface area contributed by atoms with Gasteiger partial charge in [0.15, 0.2) is 23.0 Å². The normalized spacial score (nSPS) is 13.4. The van der Waals surface area contributed by atoms with Gasteiger partial charge in [-0.1, -0.05) is 0 Å². The lowest BCUT2D eigenvalue weighted by molar-refractivity contribution is -0.132. The molecule has 1 amide bonds. The number of halogens is 1. The molecule has 1 aliphatic rings. The number of piperidine rings is 1. The fourth-order valence-electron chi connectivity index (χ4n) is 6.28. The van der Waals surface area contributed by atoms with E-state index in [4.69, 9.17) is 40.0 Å². The van der Waals surface area contributed by atoms with E-state index in [-0.39, 0.29) is 17.8 Å². The number of likely N-dealkylation sites (tertiary alicyclic amines) is 1. The molecule has 0 N–H and O–H groups in total. The Morgan fingerprint density at radius 3 is 1.86 bits per heavy atom. The fourth-order valence-corrected chi connectivity index (χ4v) is 6.43. The summed E-state index contributed by atoms with van der Waals surface area (Å²) in [4.78, 5) is 26.6. The lowest BCUT2D eigenvalue weighted by Gasteiger charge is -2.38. The highest BCUT2D eigenvalue weighted by molar-refractivity contribution is 6.27. The zero-order valence-electron chi connectivity index (χ0n) is 28.8. The molecule has 49 heavy (non-hydrogen) atoms. The Balaban J connectivity index is 1.27. The van der Waals surface area contributed by atoms with Crippen LogP contribution < -0.4 is 28.4 Å². The number of aromatic nitrogens is 2. The average molecular weight is 691 g/mol. The standard InChI is InChI=1S/C37H43ClN4O7/c1-44-31-15-26(16-32(45-2)36(31)48-5)28-13-25(20-39-21-28)23-42(35(43)19-38)29-8-11-41(12-9-29)22-24-7-10-40-30(14-24)27-17-33(46-3)37(49-6)34(18-27)47-4/h7,10,13-18,20-21,29H,8-9,11-12,19,22-23H2,1-6H3. The molecule has 0 saturated carbocycles. The third kappa shape index (κ3) is 8.12. The molecule has 12 heteroatoms. The van der Waals surface area contributed by atoms with Gasteiger partial charge in [0.2, 0.25) is 17.4 Å². The van der Waals surface area contributed by atoms with E-state index in [1.807, 2.05) is 47.5 Å². The van der Waals surface area contributed by atoms with Crippen LogP contribution in [0.3, 0.4) is 0 Å². The predicted octanol–water partition coefficient (Wildman–Crippen LogP) is 6.09. The molecule has 0 radical (unpaired) electrons. The maximum absolute atomic E-state index is 13.2. The van der Waals surface area contributed by atoms with Crippen LogP contribution in [-0.4, -0.2) is 93.3 Å². The van der Waals surface area contributed by atoms with Gasteiger partial charge in [-0.2, -0.15) is 0 Å². The molecule has 0 bridgehead atoms. The molecule has 11 nitrogen and oxygen atoms in total. The monoisotopic (exact) mass is 690 g/mol. The maximum Gasteiger partial charge on any atom is 0.238 e. The van der Waals surface area contributed by atoms with Crippen molar-refractivity contribution in [3.8, 4) is 56.9 Å². The van der Waals surface area contributed by atoms with Crippen LogP contribution >= 0.6 is 11.6 Å². The summed E-state index contributed by atoms with van der Waals surface area (Å²) in [6, 6.07) is 13.8. The number of hydrogen-bond donors (Lipinski definition) is 0. The summed E-state index contributed by atoms with van der Waals surface area (Å²) in [5.74, 6) is 3.14. The van der Waals surface area contributed by atoms with Gasteiger partial charge in [-0.3, -0.25) is 19.7 Å². The van der Waals surface area contributed by atoms with Gasteiger partial charge in [0.1, 0.15) is 5.88 Å². The van der Waals surface area contributed by atoms with E-state index in [1.54, 1.807) is 55.1 Å². The Morgan fingerprint density at radius 1 is 0.755 bits per heavy atom. The lowest BCUT2D eigenvalue weighted by Crippen LogP contribution is -2.47. The van der Waals surface area contributed by atoms with E-state index in [9.17, 15) is 4.79 Å². The summed E-state index contributed by atoms with van der Waals surface area (Å²) in [5.41, 5.74) is 5.45. The second-order valence-corrected chi connectivity index (χ2v) is 11.9. The molecule has 2 aromatic heterocycles. The Kier molecular flexibility index (Phi) is 12.0. The van der Waals surface area contributed by atoms with Gasteiger partial charge < -0.3 is 33.3 Å². The molecule has 1 aliphatic heterocycles. The summed E-state index contributed by atoms with van der Waals surface area (Å²) in [6.45, 7) is 2.84. The Morgan fingerprint density at radius 2 is 1.33 bits per heavy atom. The van der Waals surface area contributed by atoms with Gasteiger partial charge in [0.05, 0.1) is 48.4 Å². The molecule has 1 fully saturated rings. The van der Waals surface area contributed by atoms with Gasteiger partial charge in [0.25, 0.3) is 0 Å². The van der Waals surface area contributed by atoms with Gasteiger partial charge in [-0.25, -0.2) is 0 Å². The highest BCUT2D eigenvalue weighted by Gasteiger charge is 2.28. The summed E-state index contributed by atoms with van der Waals surface area (Å²) >= 11 is 6.13. The molecule has 0 atom stereocenters. The molecule has 0 unspecified atom stereocenters. The minimum absolute atomic E-state index is 0.0551. The van der Waals surface area contributed by atoms with E-state index in [2.05, 4.69) is 20.9 Å². The van der Waals surface area contributed by atoms with Crippen molar-refractivity contribution in [2.75, 3.05) is 61.6 Å². The van der Waals surface area contributed by atoms with E-state index < -0.39 is 0 Å². The molecule has 1 saturated heterocycles. The number of benzene rings is 2. The van der Waals surface area contributed by atoms with Crippen molar-refractivity contribution in [2.45, 2.75) is 32.0 Å². The van der Waals surface area contributed by atoms with Crippen LogP contribution in [0.4, 0.5) is 0 Å². The number of alkyl halides is 1. The lowest BCUT2D eigenvalue weighted by atomic mass is 10.0. The number of carbonyl (C=O) groups is 1. The van der Waals surface area contributed by atoms with E-state index in [0.29, 0.717) is 41.0 Å². The third-order valence-corrected chi connectivity index (χ3v) is 9.00. The van der Waals surface area contributed by atoms with Crippen LogP contribution in [0.2, 0.25) is 0 Å². The van der Waals surface area contributed by atoms with Crippen molar-refractivity contribution in [1.29, 1.82) is 0 Å². The number of amides is 1. The van der Waals surface area contributed by atoms with Crippen LogP contribution in [0.25, 0.3) is 22.4 Å². The van der Waals surface area contributed by atoms with Gasteiger partial charge in [0, 0.05) is 61.9 Å². The molecule has 2 aromatic carbocycles. The van der Waals surface area contributed by atoms with Gasteiger partial charge in [-0.05, 0) is 72.0 Å². The summed E-state index contributed by atoms with van der Waals surface area (Å²) in [6.07, 6.45) is 7.05. The van der Waals surface area contributed by atoms with E-state index >= 15 is 0 Å². The van der Waals surface area contributed by atoms with E-state index in [1.165, 1.54) is 0 Å². The number of carbonyl (C=O) groups excluding carboxylic acids is 1. The number of rotatable bonds is 14. The Hall–Kier alpha value is -4.74. The van der Waals surface area contributed by atoms with Crippen LogP contribution in [-0.2, 0) is 17.9 Å². The number of ether oxygens (including phenoxy) is 6. The highest BCUT2D eigenvalue weighted by Crippen LogP contribution is 2.42. The average Bonchev–Trinajstić information content (AvgIpc) is 3.15. The number of hydrogen-bond acceptors (Lipinski definition) is 10. The Bertz CT molecular complexity index is 1700. The molecule has 260 valence electrons. The zero-order valence-corrected chi connectivity index (χ0v) is 29.6. The molecule has 0 aliphatic carbocycles. The van der Waals surface area contributed by atoms with Crippen molar-refractivity contribution < 1.29 is 33.2 Å². The largest absolute Gasteiger partial charge is 0.493 e. The minimum atomic E-state index is -0.0950.